The molecule has 1 heterocycles. The van der Waals surface area contributed by atoms with E-state index in [0.717, 1.165) is 32.0 Å². The number of likely N-dealkylation sites (tertiary alicyclic amines) is 1. The number of methoxy groups -OCH3 is 1. The zero-order chi connectivity index (χ0) is 16.3. The normalized spacial score (nSPS) is 16.8. The van der Waals surface area contributed by atoms with Gasteiger partial charge in [0.05, 0.1) is 18.1 Å². The fraction of sp³-hybridized carbons (Fsp3) is 0.600. The number of anilines is 1. The van der Waals surface area contributed by atoms with E-state index in [4.69, 9.17) is 4.74 Å². The molecular weight excluding hydrogens is 289 g/mol. The Bertz CT molecular complexity index is 543. The number of nitro benzene ring substituents is 1. The van der Waals surface area contributed by atoms with Gasteiger partial charge in [-0.05, 0) is 26.7 Å². The first kappa shape index (κ1) is 16.5. The minimum absolute atomic E-state index is 0.00714. The fourth-order valence-corrected chi connectivity index (χ4v) is 2.75. The second kappa shape index (κ2) is 6.91. The highest BCUT2D eigenvalue weighted by atomic mass is 19.1. The standard InChI is InChI=1S/C15H22FN3O3/c1-10(2)18-6-4-11(5-7-18)17-13-9-15(22-3)12(16)8-14(13)19(20)21/h8-11,17H,4-7H2,1-3H3. The second-order valence-corrected chi connectivity index (χ2v) is 5.81. The molecule has 1 aliphatic rings. The molecule has 0 unspecified atom stereocenters. The first-order chi connectivity index (χ1) is 10.4. The monoisotopic (exact) mass is 311 g/mol. The first-order valence-electron chi connectivity index (χ1n) is 7.45. The van der Waals surface area contributed by atoms with Crippen LogP contribution in [-0.4, -0.2) is 42.1 Å². The molecule has 6 nitrogen and oxygen atoms in total. The minimum Gasteiger partial charge on any atom is -0.494 e. The molecule has 1 aromatic carbocycles. The molecule has 7 heteroatoms. The summed E-state index contributed by atoms with van der Waals surface area (Å²) >= 11 is 0. The number of hydrogen-bond donors (Lipinski definition) is 1. The van der Waals surface area contributed by atoms with Crippen molar-refractivity contribution in [1.82, 2.24) is 4.90 Å². The number of hydrogen-bond acceptors (Lipinski definition) is 5. The van der Waals surface area contributed by atoms with Gasteiger partial charge in [0.2, 0.25) is 0 Å². The van der Waals surface area contributed by atoms with E-state index in [2.05, 4.69) is 24.1 Å². The van der Waals surface area contributed by atoms with Crippen molar-refractivity contribution in [2.75, 3.05) is 25.5 Å². The average molecular weight is 311 g/mol. The van der Waals surface area contributed by atoms with Gasteiger partial charge < -0.3 is 15.0 Å². The largest absolute Gasteiger partial charge is 0.494 e. The lowest BCUT2D eigenvalue weighted by atomic mass is 10.0. The summed E-state index contributed by atoms with van der Waals surface area (Å²) in [6.07, 6.45) is 1.80. The third-order valence-corrected chi connectivity index (χ3v) is 4.09. The van der Waals surface area contributed by atoms with E-state index in [1.54, 1.807) is 0 Å². The van der Waals surface area contributed by atoms with Crippen molar-refractivity contribution in [3.63, 3.8) is 0 Å². The number of piperidine rings is 1. The van der Waals surface area contributed by atoms with Crippen LogP contribution >= 0.6 is 0 Å². The number of rotatable bonds is 5. The van der Waals surface area contributed by atoms with Crippen LogP contribution in [0.3, 0.4) is 0 Å². The molecule has 0 aromatic heterocycles. The summed E-state index contributed by atoms with van der Waals surface area (Å²) in [7, 11) is 1.34. The van der Waals surface area contributed by atoms with Crippen LogP contribution in [0.4, 0.5) is 15.8 Å². The number of nitro groups is 1. The molecule has 0 aliphatic carbocycles. The number of nitrogens with one attached hydrogen (secondary N) is 1. The van der Waals surface area contributed by atoms with Crippen molar-refractivity contribution in [3.8, 4) is 5.75 Å². The van der Waals surface area contributed by atoms with Gasteiger partial charge in [0.25, 0.3) is 5.69 Å². The fourth-order valence-electron chi connectivity index (χ4n) is 2.75. The van der Waals surface area contributed by atoms with E-state index in [1.807, 2.05) is 0 Å². The number of nitrogens with zero attached hydrogens (tertiary/aromatic N) is 2. The van der Waals surface area contributed by atoms with Crippen molar-refractivity contribution >= 4 is 11.4 Å². The van der Waals surface area contributed by atoms with E-state index in [1.165, 1.54) is 13.2 Å². The third-order valence-electron chi connectivity index (χ3n) is 4.09. The smallest absolute Gasteiger partial charge is 0.295 e. The van der Waals surface area contributed by atoms with Gasteiger partial charge in [0, 0.05) is 31.2 Å². The van der Waals surface area contributed by atoms with Gasteiger partial charge in [0.1, 0.15) is 5.69 Å². The van der Waals surface area contributed by atoms with Crippen molar-refractivity contribution in [1.29, 1.82) is 0 Å². The maximum Gasteiger partial charge on any atom is 0.295 e. The Morgan fingerprint density at radius 2 is 2.05 bits per heavy atom. The SMILES string of the molecule is COc1cc(NC2CCN(C(C)C)CC2)c([N+](=O)[O-])cc1F. The Kier molecular flexibility index (Phi) is 5.18. The van der Waals surface area contributed by atoms with E-state index < -0.39 is 10.7 Å². The molecule has 1 saturated heterocycles. The highest BCUT2D eigenvalue weighted by molar-refractivity contribution is 5.65. The van der Waals surface area contributed by atoms with Gasteiger partial charge in [-0.1, -0.05) is 0 Å². The van der Waals surface area contributed by atoms with Crippen molar-refractivity contribution in [2.45, 2.75) is 38.8 Å². The highest BCUT2D eigenvalue weighted by Gasteiger charge is 2.25. The number of benzene rings is 1. The Balaban J connectivity index is 2.14. The molecule has 0 spiro atoms. The molecule has 22 heavy (non-hydrogen) atoms. The summed E-state index contributed by atoms with van der Waals surface area (Å²) in [6, 6.07) is 2.91. The Morgan fingerprint density at radius 3 is 2.55 bits per heavy atom. The molecule has 1 aliphatic heterocycles. The molecule has 0 atom stereocenters. The van der Waals surface area contributed by atoms with Crippen LogP contribution in [0.1, 0.15) is 26.7 Å². The van der Waals surface area contributed by atoms with Gasteiger partial charge in [0.15, 0.2) is 11.6 Å². The van der Waals surface area contributed by atoms with Crippen molar-refractivity contribution in [3.05, 3.63) is 28.1 Å². The van der Waals surface area contributed by atoms with E-state index in [-0.39, 0.29) is 17.5 Å². The van der Waals surface area contributed by atoms with Crippen LogP contribution in [0.25, 0.3) is 0 Å². The summed E-state index contributed by atoms with van der Waals surface area (Å²) in [6.45, 7) is 6.20. The highest BCUT2D eigenvalue weighted by Crippen LogP contribution is 2.33. The van der Waals surface area contributed by atoms with Crippen LogP contribution in [0.15, 0.2) is 12.1 Å². The van der Waals surface area contributed by atoms with E-state index in [0.29, 0.717) is 11.7 Å². The predicted molar refractivity (Wildman–Crippen MR) is 83.0 cm³/mol. The minimum atomic E-state index is -0.727. The molecule has 1 fully saturated rings. The molecule has 2 rings (SSSR count). The van der Waals surface area contributed by atoms with E-state index >= 15 is 0 Å². The molecule has 0 saturated carbocycles. The first-order valence-corrected chi connectivity index (χ1v) is 7.45. The van der Waals surface area contributed by atoms with Gasteiger partial charge in [-0.15, -0.1) is 0 Å². The Morgan fingerprint density at radius 1 is 1.41 bits per heavy atom. The Labute approximate surface area is 129 Å². The van der Waals surface area contributed by atoms with Crippen LogP contribution in [0, 0.1) is 15.9 Å². The lowest BCUT2D eigenvalue weighted by Crippen LogP contribution is -2.42. The molecule has 122 valence electrons. The molecule has 0 radical (unpaired) electrons. The van der Waals surface area contributed by atoms with Crippen molar-refractivity contribution < 1.29 is 14.1 Å². The molecule has 1 N–H and O–H groups in total. The van der Waals surface area contributed by atoms with Crippen LogP contribution in [0.5, 0.6) is 5.75 Å². The van der Waals surface area contributed by atoms with Gasteiger partial charge in [-0.2, -0.15) is 0 Å². The lowest BCUT2D eigenvalue weighted by Gasteiger charge is -2.35. The zero-order valence-corrected chi connectivity index (χ0v) is 13.1. The lowest BCUT2D eigenvalue weighted by molar-refractivity contribution is -0.384. The van der Waals surface area contributed by atoms with Gasteiger partial charge in [-0.3, -0.25) is 10.1 Å². The van der Waals surface area contributed by atoms with Crippen LogP contribution in [0.2, 0.25) is 0 Å². The summed E-state index contributed by atoms with van der Waals surface area (Å²) in [5, 5.41) is 14.3. The van der Waals surface area contributed by atoms with Crippen molar-refractivity contribution in [2.24, 2.45) is 0 Å². The molecular formula is C15H22FN3O3. The molecule has 0 bridgehead atoms. The topological polar surface area (TPSA) is 67.6 Å². The van der Waals surface area contributed by atoms with Crippen LogP contribution in [-0.2, 0) is 0 Å². The maximum absolute atomic E-state index is 13.6. The Hall–Kier alpha value is -1.89. The molecule has 0 amide bonds. The molecule has 1 aromatic rings. The van der Waals surface area contributed by atoms with Gasteiger partial charge >= 0.3 is 0 Å². The van der Waals surface area contributed by atoms with E-state index in [9.17, 15) is 14.5 Å². The second-order valence-electron chi connectivity index (χ2n) is 5.81. The predicted octanol–water partition coefficient (Wildman–Crippen LogP) is 3.03. The van der Waals surface area contributed by atoms with Crippen LogP contribution < -0.4 is 10.1 Å². The summed E-state index contributed by atoms with van der Waals surface area (Å²) in [5.41, 5.74) is 0.0517. The third kappa shape index (κ3) is 3.65. The summed E-state index contributed by atoms with van der Waals surface area (Å²) in [5.74, 6) is -0.720. The number of ether oxygens (including phenoxy) is 1. The zero-order valence-electron chi connectivity index (χ0n) is 13.1. The quantitative estimate of drug-likeness (QED) is 0.669. The summed E-state index contributed by atoms with van der Waals surface area (Å²) < 4.78 is 18.6. The average Bonchev–Trinajstić information content (AvgIpc) is 2.49. The van der Waals surface area contributed by atoms with Gasteiger partial charge in [-0.25, -0.2) is 4.39 Å². The summed E-state index contributed by atoms with van der Waals surface area (Å²) in [4.78, 5) is 12.9. The number of halogens is 1. The maximum atomic E-state index is 13.6.